The van der Waals surface area contributed by atoms with Gasteiger partial charge in [-0.3, -0.25) is 4.79 Å². The van der Waals surface area contributed by atoms with Crippen LogP contribution >= 0.6 is 0 Å². The molecule has 1 fully saturated rings. The number of urea groups is 1. The Balaban J connectivity index is 1.54. The zero-order valence-electron chi connectivity index (χ0n) is 15.9. The van der Waals surface area contributed by atoms with Crippen molar-refractivity contribution in [2.75, 3.05) is 32.7 Å². The van der Waals surface area contributed by atoms with Crippen molar-refractivity contribution in [1.29, 1.82) is 0 Å². The van der Waals surface area contributed by atoms with E-state index in [1.165, 1.54) is 12.1 Å². The summed E-state index contributed by atoms with van der Waals surface area (Å²) in [4.78, 5) is 28.6. The molecule has 2 aliphatic rings. The number of nitrogens with zero attached hydrogens (tertiary/aromatic N) is 4. The Bertz CT molecular complexity index is 885. The van der Waals surface area contributed by atoms with Crippen molar-refractivity contribution in [3.63, 3.8) is 0 Å². The van der Waals surface area contributed by atoms with E-state index in [1.807, 2.05) is 6.92 Å². The lowest BCUT2D eigenvalue weighted by molar-refractivity contribution is 0.0658. The molecule has 0 bridgehead atoms. The normalized spacial score (nSPS) is 16.2. The van der Waals surface area contributed by atoms with Crippen molar-refractivity contribution >= 4 is 11.9 Å². The molecule has 1 N–H and O–H groups in total. The average Bonchev–Trinajstić information content (AvgIpc) is 3.31. The fourth-order valence-electron chi connectivity index (χ4n) is 3.93. The van der Waals surface area contributed by atoms with Gasteiger partial charge in [-0.25, -0.2) is 13.9 Å². The van der Waals surface area contributed by atoms with Gasteiger partial charge < -0.3 is 15.1 Å². The van der Waals surface area contributed by atoms with Crippen LogP contribution in [0.25, 0.3) is 5.69 Å². The zero-order valence-corrected chi connectivity index (χ0v) is 15.9. The molecule has 1 aliphatic heterocycles. The second-order valence-corrected chi connectivity index (χ2v) is 7.13. The minimum atomic E-state index is -0.297. The molecule has 4 rings (SSSR count). The van der Waals surface area contributed by atoms with Gasteiger partial charge in [-0.1, -0.05) is 0 Å². The molecule has 2 aromatic rings. The number of carbonyl (C=O) groups is 2. The third-order valence-electron chi connectivity index (χ3n) is 5.39. The molecular formula is C20H24FN5O2. The number of piperazine rings is 1. The molecule has 1 saturated heterocycles. The molecular weight excluding hydrogens is 361 g/mol. The van der Waals surface area contributed by atoms with E-state index >= 15 is 0 Å². The number of aromatic nitrogens is 2. The summed E-state index contributed by atoms with van der Waals surface area (Å²) in [6, 6.07) is 6.08. The van der Waals surface area contributed by atoms with E-state index < -0.39 is 0 Å². The van der Waals surface area contributed by atoms with Gasteiger partial charge >= 0.3 is 6.03 Å². The van der Waals surface area contributed by atoms with E-state index in [0.29, 0.717) is 38.4 Å². The van der Waals surface area contributed by atoms with Crippen LogP contribution in [0, 0.1) is 5.82 Å². The maximum absolute atomic E-state index is 13.3. The highest BCUT2D eigenvalue weighted by molar-refractivity contribution is 5.94. The Morgan fingerprint density at radius 2 is 1.75 bits per heavy atom. The number of fused-ring (bicyclic) bond motifs is 1. The van der Waals surface area contributed by atoms with Gasteiger partial charge in [-0.15, -0.1) is 0 Å². The highest BCUT2D eigenvalue weighted by atomic mass is 19.1. The molecule has 1 aromatic heterocycles. The van der Waals surface area contributed by atoms with Crippen molar-refractivity contribution < 1.29 is 14.0 Å². The lowest BCUT2D eigenvalue weighted by atomic mass is 10.1. The lowest BCUT2D eigenvalue weighted by Crippen LogP contribution is -2.53. The summed E-state index contributed by atoms with van der Waals surface area (Å²) >= 11 is 0. The number of amides is 3. The van der Waals surface area contributed by atoms with Crippen molar-refractivity contribution in [3.05, 3.63) is 47.0 Å². The Labute approximate surface area is 163 Å². The van der Waals surface area contributed by atoms with Crippen LogP contribution in [0.3, 0.4) is 0 Å². The number of hydrogen-bond acceptors (Lipinski definition) is 3. The lowest BCUT2D eigenvalue weighted by Gasteiger charge is -2.34. The number of nitrogens with one attached hydrogen (secondary N) is 1. The molecule has 8 heteroatoms. The van der Waals surface area contributed by atoms with Crippen molar-refractivity contribution in [3.8, 4) is 5.69 Å². The summed E-state index contributed by atoms with van der Waals surface area (Å²) in [6.07, 6.45) is 2.67. The van der Waals surface area contributed by atoms with Crippen molar-refractivity contribution in [2.24, 2.45) is 0 Å². The Kier molecular flexibility index (Phi) is 5.02. The minimum Gasteiger partial charge on any atom is -0.338 e. The average molecular weight is 385 g/mol. The largest absolute Gasteiger partial charge is 0.338 e. The third kappa shape index (κ3) is 3.34. The molecule has 0 unspecified atom stereocenters. The summed E-state index contributed by atoms with van der Waals surface area (Å²) in [7, 11) is 0. The van der Waals surface area contributed by atoms with Gasteiger partial charge in [0.2, 0.25) is 0 Å². The topological polar surface area (TPSA) is 70.5 Å². The van der Waals surface area contributed by atoms with Crippen LogP contribution in [-0.4, -0.2) is 64.2 Å². The zero-order chi connectivity index (χ0) is 19.7. The van der Waals surface area contributed by atoms with Gasteiger partial charge in [0, 0.05) is 44.0 Å². The molecule has 0 atom stereocenters. The van der Waals surface area contributed by atoms with Crippen LogP contribution < -0.4 is 5.32 Å². The van der Waals surface area contributed by atoms with Gasteiger partial charge in [-0.05, 0) is 50.5 Å². The fourth-order valence-corrected chi connectivity index (χ4v) is 3.93. The molecule has 0 saturated carbocycles. The molecule has 0 radical (unpaired) electrons. The van der Waals surface area contributed by atoms with E-state index in [1.54, 1.807) is 26.6 Å². The summed E-state index contributed by atoms with van der Waals surface area (Å²) in [5, 5.41) is 7.39. The quantitative estimate of drug-likeness (QED) is 0.878. The van der Waals surface area contributed by atoms with Crippen LogP contribution in [0.4, 0.5) is 9.18 Å². The predicted octanol–water partition coefficient (Wildman–Crippen LogP) is 1.99. The summed E-state index contributed by atoms with van der Waals surface area (Å²) in [5.41, 5.74) is 3.29. The van der Waals surface area contributed by atoms with E-state index in [9.17, 15) is 14.0 Å². The number of hydrogen-bond donors (Lipinski definition) is 1. The number of carbonyl (C=O) groups excluding carboxylic acids is 2. The Morgan fingerprint density at radius 3 is 2.43 bits per heavy atom. The van der Waals surface area contributed by atoms with E-state index in [-0.39, 0.29) is 17.8 Å². The highest BCUT2D eigenvalue weighted by Gasteiger charge is 2.31. The van der Waals surface area contributed by atoms with Crippen molar-refractivity contribution in [1.82, 2.24) is 24.9 Å². The maximum Gasteiger partial charge on any atom is 0.317 e. The number of rotatable bonds is 3. The highest BCUT2D eigenvalue weighted by Crippen LogP contribution is 2.29. The maximum atomic E-state index is 13.3. The first-order valence-corrected chi connectivity index (χ1v) is 9.77. The van der Waals surface area contributed by atoms with Crippen molar-refractivity contribution in [2.45, 2.75) is 26.2 Å². The SMILES string of the molecule is CCNC(=O)N1CCN(C(=O)c2nn(-c3ccc(F)cc3)c3c2CCC3)CC1. The van der Waals surface area contributed by atoms with Crippen LogP contribution in [0.5, 0.6) is 0 Å². The summed E-state index contributed by atoms with van der Waals surface area (Å²) < 4.78 is 15.0. The molecule has 0 spiro atoms. The van der Waals surface area contributed by atoms with Gasteiger partial charge in [0.1, 0.15) is 5.82 Å². The smallest absolute Gasteiger partial charge is 0.317 e. The molecule has 2 heterocycles. The molecule has 1 aromatic carbocycles. The minimum absolute atomic E-state index is 0.0870. The van der Waals surface area contributed by atoms with E-state index in [0.717, 1.165) is 36.2 Å². The first-order valence-electron chi connectivity index (χ1n) is 9.77. The second-order valence-electron chi connectivity index (χ2n) is 7.13. The van der Waals surface area contributed by atoms with Gasteiger partial charge in [-0.2, -0.15) is 5.10 Å². The molecule has 148 valence electrons. The summed E-state index contributed by atoms with van der Waals surface area (Å²) in [5.74, 6) is -0.386. The van der Waals surface area contributed by atoms with Crippen LogP contribution in [0.2, 0.25) is 0 Å². The van der Waals surface area contributed by atoms with Crippen LogP contribution in [0.15, 0.2) is 24.3 Å². The van der Waals surface area contributed by atoms with Crippen LogP contribution in [0.1, 0.15) is 35.1 Å². The first-order chi connectivity index (χ1) is 13.6. The number of benzene rings is 1. The molecule has 1 aliphatic carbocycles. The van der Waals surface area contributed by atoms with E-state index in [2.05, 4.69) is 10.4 Å². The van der Waals surface area contributed by atoms with Gasteiger partial charge in [0.05, 0.1) is 5.69 Å². The van der Waals surface area contributed by atoms with E-state index in [4.69, 9.17) is 0 Å². The second kappa shape index (κ2) is 7.61. The van der Waals surface area contributed by atoms with Gasteiger partial charge in [0.25, 0.3) is 5.91 Å². The fraction of sp³-hybridized carbons (Fsp3) is 0.450. The molecule has 7 nitrogen and oxygen atoms in total. The standard InChI is InChI=1S/C20H24FN5O2/c1-2-22-20(28)25-12-10-24(11-13-25)19(27)18-16-4-3-5-17(16)26(23-18)15-8-6-14(21)7-9-15/h6-9H,2-5,10-13H2,1H3,(H,22,28). The number of halogens is 1. The van der Waals surface area contributed by atoms with Gasteiger partial charge in [0.15, 0.2) is 5.69 Å². The molecule has 3 amide bonds. The first kappa shape index (κ1) is 18.5. The summed E-state index contributed by atoms with van der Waals surface area (Å²) in [6.45, 7) is 4.49. The predicted molar refractivity (Wildman–Crippen MR) is 102 cm³/mol. The van der Waals surface area contributed by atoms with Crippen LogP contribution in [-0.2, 0) is 12.8 Å². The molecule has 28 heavy (non-hydrogen) atoms. The Morgan fingerprint density at radius 1 is 1.07 bits per heavy atom. The third-order valence-corrected chi connectivity index (χ3v) is 5.39. The monoisotopic (exact) mass is 385 g/mol. The Hall–Kier alpha value is -2.90.